The lowest BCUT2D eigenvalue weighted by Gasteiger charge is -2.34. The minimum Gasteiger partial charge on any atom is -0.355 e. The Balaban J connectivity index is 1.92. The van der Waals surface area contributed by atoms with Gasteiger partial charge in [-0.15, -0.1) is 0 Å². The molecule has 3 heteroatoms. The zero-order valence-corrected chi connectivity index (χ0v) is 11.5. The lowest BCUT2D eigenvalue weighted by molar-refractivity contribution is 0.348. The first-order valence-corrected chi connectivity index (χ1v) is 6.99. The van der Waals surface area contributed by atoms with Gasteiger partial charge in [-0.3, -0.25) is 0 Å². The number of ether oxygens (including phenoxy) is 1. The van der Waals surface area contributed by atoms with Crippen LogP contribution in [-0.2, 0) is 4.74 Å². The highest BCUT2D eigenvalue weighted by molar-refractivity contribution is 9.09. The molecule has 1 aromatic rings. The van der Waals surface area contributed by atoms with E-state index in [2.05, 4.69) is 41.1 Å². The maximum Gasteiger partial charge on any atom is 0.137 e. The number of benzene rings is 1. The van der Waals surface area contributed by atoms with Crippen molar-refractivity contribution in [3.63, 3.8) is 0 Å². The predicted octanol–water partition coefficient (Wildman–Crippen LogP) is 4.06. The molecule has 0 saturated carbocycles. The van der Waals surface area contributed by atoms with Crippen molar-refractivity contribution in [2.75, 3.05) is 0 Å². The van der Waals surface area contributed by atoms with E-state index in [9.17, 15) is 0 Å². The van der Waals surface area contributed by atoms with Crippen LogP contribution in [0.2, 0.25) is 5.02 Å². The lowest BCUT2D eigenvalue weighted by Crippen LogP contribution is -2.32. The van der Waals surface area contributed by atoms with E-state index < -0.39 is 0 Å². The van der Waals surface area contributed by atoms with Crippen LogP contribution in [0.25, 0.3) is 11.1 Å². The molecule has 0 amide bonds. The van der Waals surface area contributed by atoms with Crippen LogP contribution >= 0.6 is 27.5 Å². The average molecular weight is 310 g/mol. The molecule has 1 heterocycles. The van der Waals surface area contributed by atoms with Gasteiger partial charge in [0.25, 0.3) is 0 Å². The molecule has 3 unspecified atom stereocenters. The number of rotatable bonds is 1. The molecule has 3 aliphatic rings. The van der Waals surface area contributed by atoms with E-state index in [1.807, 2.05) is 12.1 Å². The molecule has 1 fully saturated rings. The zero-order chi connectivity index (χ0) is 11.8. The van der Waals surface area contributed by atoms with Crippen LogP contribution in [-0.4, -0.2) is 16.5 Å². The topological polar surface area (TPSA) is 12.5 Å². The molecule has 0 radical (unpaired) electrons. The Morgan fingerprint density at radius 2 is 2.24 bits per heavy atom. The normalized spacial score (nSPS) is 33.5. The molecule has 1 aliphatic heterocycles. The molecule has 1 saturated heterocycles. The SMILES string of the molecule is CC(Br)C12OC1C=CC1=C2c2cc(Cl)ccc21. The van der Waals surface area contributed by atoms with E-state index in [0.717, 1.165) is 5.02 Å². The molecular formula is C14H10BrClO. The largest absolute Gasteiger partial charge is 0.355 e. The van der Waals surface area contributed by atoms with Crippen LogP contribution in [0.1, 0.15) is 18.1 Å². The van der Waals surface area contributed by atoms with Gasteiger partial charge in [0.1, 0.15) is 11.7 Å². The Kier molecular flexibility index (Phi) is 1.86. The van der Waals surface area contributed by atoms with E-state index >= 15 is 0 Å². The second-order valence-electron chi connectivity index (χ2n) is 4.79. The summed E-state index contributed by atoms with van der Waals surface area (Å²) in [4.78, 5) is 0.307. The summed E-state index contributed by atoms with van der Waals surface area (Å²) < 4.78 is 5.92. The highest BCUT2D eigenvalue weighted by Crippen LogP contribution is 2.62. The Morgan fingerprint density at radius 1 is 1.41 bits per heavy atom. The summed E-state index contributed by atoms with van der Waals surface area (Å²) in [5.41, 5.74) is 5.04. The summed E-state index contributed by atoms with van der Waals surface area (Å²) in [6.45, 7) is 2.15. The number of halogens is 2. The van der Waals surface area contributed by atoms with Crippen molar-refractivity contribution in [3.8, 4) is 0 Å². The summed E-state index contributed by atoms with van der Waals surface area (Å²) in [5, 5.41) is 0.791. The second kappa shape index (κ2) is 3.05. The molecule has 2 aliphatic carbocycles. The van der Waals surface area contributed by atoms with Gasteiger partial charge < -0.3 is 4.74 Å². The molecule has 0 bridgehead atoms. The standard InChI is InChI=1S/C14H10BrClO/c1-7(15)14-12(17-14)5-4-10-9-3-2-8(16)6-11(9)13(10)14/h2-7,12H,1H3. The molecule has 0 spiro atoms. The molecule has 1 nitrogen and oxygen atoms in total. The van der Waals surface area contributed by atoms with Crippen molar-refractivity contribution in [2.24, 2.45) is 0 Å². The van der Waals surface area contributed by atoms with Gasteiger partial charge in [0.05, 0.1) is 0 Å². The van der Waals surface area contributed by atoms with Gasteiger partial charge in [-0.05, 0) is 35.8 Å². The summed E-state index contributed by atoms with van der Waals surface area (Å²) >= 11 is 9.76. The Bertz CT molecular complexity index is 602. The zero-order valence-electron chi connectivity index (χ0n) is 9.21. The van der Waals surface area contributed by atoms with E-state index in [0.29, 0.717) is 4.83 Å². The first-order chi connectivity index (χ1) is 8.14. The minimum atomic E-state index is -0.151. The summed E-state index contributed by atoms with van der Waals surface area (Å²) in [5.74, 6) is 0. The molecule has 4 rings (SSSR count). The predicted molar refractivity (Wildman–Crippen MR) is 73.4 cm³/mol. The van der Waals surface area contributed by atoms with Crippen molar-refractivity contribution in [2.45, 2.75) is 23.5 Å². The second-order valence-corrected chi connectivity index (χ2v) is 6.60. The van der Waals surface area contributed by atoms with Crippen LogP contribution < -0.4 is 0 Å². The third-order valence-corrected chi connectivity index (χ3v) is 4.83. The maximum atomic E-state index is 6.08. The molecule has 0 aromatic heterocycles. The fourth-order valence-electron chi connectivity index (χ4n) is 3.03. The smallest absolute Gasteiger partial charge is 0.137 e. The summed E-state index contributed by atoms with van der Waals surface area (Å²) in [7, 11) is 0. The van der Waals surface area contributed by atoms with E-state index in [1.54, 1.807) is 0 Å². The number of hydrogen-bond donors (Lipinski definition) is 0. The Morgan fingerprint density at radius 3 is 3.00 bits per heavy atom. The Labute approximate surface area is 113 Å². The average Bonchev–Trinajstić information content (AvgIpc) is 2.99. The van der Waals surface area contributed by atoms with Gasteiger partial charge >= 0.3 is 0 Å². The van der Waals surface area contributed by atoms with Crippen molar-refractivity contribution in [1.82, 2.24) is 0 Å². The lowest BCUT2D eigenvalue weighted by atomic mass is 9.70. The van der Waals surface area contributed by atoms with E-state index in [-0.39, 0.29) is 11.7 Å². The van der Waals surface area contributed by atoms with Crippen LogP contribution in [0.5, 0.6) is 0 Å². The molecule has 1 aromatic carbocycles. The summed E-state index contributed by atoms with van der Waals surface area (Å²) in [6, 6.07) is 6.09. The first-order valence-electron chi connectivity index (χ1n) is 5.70. The highest BCUT2D eigenvalue weighted by Gasteiger charge is 2.64. The fraction of sp³-hybridized carbons (Fsp3) is 0.286. The third-order valence-electron chi connectivity index (χ3n) is 3.92. The number of allylic oxidation sites excluding steroid dienone is 2. The molecular weight excluding hydrogens is 300 g/mol. The number of epoxide rings is 1. The van der Waals surface area contributed by atoms with Crippen LogP contribution in [0.3, 0.4) is 0 Å². The number of hydrogen-bond acceptors (Lipinski definition) is 1. The Hall–Kier alpha value is -0.570. The molecule has 86 valence electrons. The molecule has 3 atom stereocenters. The minimum absolute atomic E-state index is 0.151. The van der Waals surface area contributed by atoms with Gasteiger partial charge in [0.15, 0.2) is 0 Å². The van der Waals surface area contributed by atoms with Crippen LogP contribution in [0.15, 0.2) is 30.4 Å². The third kappa shape index (κ3) is 1.09. The van der Waals surface area contributed by atoms with E-state index in [1.165, 1.54) is 22.3 Å². The van der Waals surface area contributed by atoms with Crippen molar-refractivity contribution in [3.05, 3.63) is 46.5 Å². The van der Waals surface area contributed by atoms with Crippen molar-refractivity contribution in [1.29, 1.82) is 0 Å². The van der Waals surface area contributed by atoms with Gasteiger partial charge in [0.2, 0.25) is 0 Å². The summed E-state index contributed by atoms with van der Waals surface area (Å²) in [6.07, 6.45) is 4.56. The van der Waals surface area contributed by atoms with E-state index in [4.69, 9.17) is 16.3 Å². The molecule has 0 N–H and O–H groups in total. The van der Waals surface area contributed by atoms with Gasteiger partial charge in [0, 0.05) is 15.4 Å². The fourth-order valence-corrected chi connectivity index (χ4v) is 3.80. The van der Waals surface area contributed by atoms with Gasteiger partial charge in [-0.2, -0.15) is 0 Å². The molecule has 17 heavy (non-hydrogen) atoms. The maximum absolute atomic E-state index is 6.08. The monoisotopic (exact) mass is 308 g/mol. The van der Waals surface area contributed by atoms with Crippen LogP contribution in [0, 0.1) is 0 Å². The van der Waals surface area contributed by atoms with Gasteiger partial charge in [-0.25, -0.2) is 0 Å². The van der Waals surface area contributed by atoms with Crippen molar-refractivity contribution < 1.29 is 4.74 Å². The highest BCUT2D eigenvalue weighted by atomic mass is 79.9. The first kappa shape index (κ1) is 10.4. The number of fused-ring (bicyclic) bond motifs is 5. The van der Waals surface area contributed by atoms with Crippen LogP contribution in [0.4, 0.5) is 0 Å². The quantitative estimate of drug-likeness (QED) is 0.563. The van der Waals surface area contributed by atoms with Crippen molar-refractivity contribution >= 4 is 38.7 Å². The van der Waals surface area contributed by atoms with Gasteiger partial charge in [-0.1, -0.05) is 45.7 Å². The number of alkyl halides is 1.